The van der Waals surface area contributed by atoms with Gasteiger partial charge in [0.15, 0.2) is 0 Å². The van der Waals surface area contributed by atoms with Crippen molar-refractivity contribution >= 4 is 16.8 Å². The first-order valence-corrected chi connectivity index (χ1v) is 9.77. The number of fused-ring (bicyclic) bond motifs is 1. The van der Waals surface area contributed by atoms with Crippen molar-refractivity contribution in [3.05, 3.63) is 30.0 Å². The summed E-state index contributed by atoms with van der Waals surface area (Å²) in [4.78, 5) is 14.6. The van der Waals surface area contributed by atoms with Crippen LogP contribution in [0.4, 0.5) is 0 Å². The molecule has 1 aromatic heterocycles. The molecule has 1 N–H and O–H groups in total. The number of benzene rings is 1. The SMILES string of the molecule is Cn1ncc2cc([C@@H]3CCC4(C3)CN(C(=O)C3CC(C)(O)C3)C4)ccc21. The van der Waals surface area contributed by atoms with Gasteiger partial charge in [-0.3, -0.25) is 9.48 Å². The predicted octanol–water partition coefficient (Wildman–Crippen LogP) is 2.83. The Morgan fingerprint density at radius 2 is 2.04 bits per heavy atom. The summed E-state index contributed by atoms with van der Waals surface area (Å²) in [6.07, 6.45) is 6.82. The van der Waals surface area contributed by atoms with Gasteiger partial charge in [0.05, 0.1) is 17.3 Å². The highest BCUT2D eigenvalue weighted by molar-refractivity contribution is 5.81. The molecule has 3 aliphatic rings. The second kappa shape index (κ2) is 5.32. The van der Waals surface area contributed by atoms with Crippen LogP contribution in [0.2, 0.25) is 0 Å². The van der Waals surface area contributed by atoms with Crippen molar-refractivity contribution in [1.82, 2.24) is 14.7 Å². The summed E-state index contributed by atoms with van der Waals surface area (Å²) in [5.74, 6) is 0.913. The first-order valence-electron chi connectivity index (χ1n) is 9.77. The van der Waals surface area contributed by atoms with Gasteiger partial charge in [-0.2, -0.15) is 5.10 Å². The van der Waals surface area contributed by atoms with E-state index >= 15 is 0 Å². The van der Waals surface area contributed by atoms with E-state index in [4.69, 9.17) is 0 Å². The third-order valence-corrected chi connectivity index (χ3v) is 7.03. The summed E-state index contributed by atoms with van der Waals surface area (Å²) in [6.45, 7) is 3.65. The smallest absolute Gasteiger partial charge is 0.225 e. The Bertz CT molecular complexity index is 871. The molecule has 1 spiro atoms. The van der Waals surface area contributed by atoms with Crippen molar-refractivity contribution in [3.63, 3.8) is 0 Å². The largest absolute Gasteiger partial charge is 0.390 e. The van der Waals surface area contributed by atoms with Gasteiger partial charge in [-0.15, -0.1) is 0 Å². The average molecular weight is 353 g/mol. The average Bonchev–Trinajstić information content (AvgIpc) is 3.15. The van der Waals surface area contributed by atoms with Crippen molar-refractivity contribution in [2.75, 3.05) is 13.1 Å². The molecule has 3 fully saturated rings. The summed E-state index contributed by atoms with van der Waals surface area (Å²) < 4.78 is 1.92. The van der Waals surface area contributed by atoms with Crippen LogP contribution in [0.15, 0.2) is 24.4 Å². The summed E-state index contributed by atoms with van der Waals surface area (Å²) in [5.41, 5.74) is 2.31. The van der Waals surface area contributed by atoms with E-state index in [2.05, 4.69) is 23.3 Å². The number of hydrogen-bond acceptors (Lipinski definition) is 3. The molecule has 0 radical (unpaired) electrons. The van der Waals surface area contributed by atoms with Crippen molar-refractivity contribution < 1.29 is 9.90 Å². The van der Waals surface area contributed by atoms with E-state index in [9.17, 15) is 9.90 Å². The van der Waals surface area contributed by atoms with Crippen LogP contribution in [0, 0.1) is 11.3 Å². The van der Waals surface area contributed by atoms with E-state index < -0.39 is 5.60 Å². The lowest BCUT2D eigenvalue weighted by atomic mass is 9.69. The number of aliphatic hydroxyl groups is 1. The molecule has 1 aliphatic heterocycles. The Balaban J connectivity index is 1.23. The fourth-order valence-electron chi connectivity index (χ4n) is 5.57. The van der Waals surface area contributed by atoms with Gasteiger partial charge in [0.1, 0.15) is 0 Å². The second-order valence-electron chi connectivity index (χ2n) is 9.32. The van der Waals surface area contributed by atoms with E-state index in [0.29, 0.717) is 24.2 Å². The lowest BCUT2D eigenvalue weighted by molar-refractivity contribution is -0.161. The number of aromatic nitrogens is 2. The number of rotatable bonds is 2. The summed E-state index contributed by atoms with van der Waals surface area (Å²) in [5, 5.41) is 15.4. The van der Waals surface area contributed by atoms with Crippen LogP contribution in [0.5, 0.6) is 0 Å². The summed E-state index contributed by atoms with van der Waals surface area (Å²) in [6, 6.07) is 6.73. The molecule has 5 rings (SSSR count). The highest BCUT2D eigenvalue weighted by Gasteiger charge is 2.53. The normalized spacial score (nSPS) is 32.7. The summed E-state index contributed by atoms with van der Waals surface area (Å²) >= 11 is 0. The molecule has 5 heteroatoms. The fraction of sp³-hybridized carbons (Fsp3) is 0.619. The van der Waals surface area contributed by atoms with Gasteiger partial charge in [0.2, 0.25) is 5.91 Å². The predicted molar refractivity (Wildman–Crippen MR) is 99.7 cm³/mol. The molecule has 138 valence electrons. The maximum Gasteiger partial charge on any atom is 0.225 e. The van der Waals surface area contributed by atoms with Gasteiger partial charge in [0, 0.05) is 36.9 Å². The molecule has 0 bridgehead atoms. The van der Waals surface area contributed by atoms with Crippen LogP contribution in [0.3, 0.4) is 0 Å². The third-order valence-electron chi connectivity index (χ3n) is 7.03. The zero-order valence-electron chi connectivity index (χ0n) is 15.6. The zero-order valence-corrected chi connectivity index (χ0v) is 15.6. The minimum absolute atomic E-state index is 0.0486. The minimum Gasteiger partial charge on any atom is -0.390 e. The van der Waals surface area contributed by atoms with Crippen molar-refractivity contribution in [2.24, 2.45) is 18.4 Å². The molecule has 1 aromatic carbocycles. The molecule has 2 saturated carbocycles. The molecule has 2 aromatic rings. The monoisotopic (exact) mass is 353 g/mol. The van der Waals surface area contributed by atoms with E-state index in [1.165, 1.54) is 35.7 Å². The number of hydrogen-bond donors (Lipinski definition) is 1. The second-order valence-corrected chi connectivity index (χ2v) is 9.32. The third kappa shape index (κ3) is 2.48. The molecule has 2 heterocycles. The lowest BCUT2D eigenvalue weighted by Gasteiger charge is -2.52. The summed E-state index contributed by atoms with van der Waals surface area (Å²) in [7, 11) is 1.98. The highest BCUT2D eigenvalue weighted by atomic mass is 16.3. The molecule has 5 nitrogen and oxygen atoms in total. The Morgan fingerprint density at radius 3 is 2.77 bits per heavy atom. The van der Waals surface area contributed by atoms with Crippen LogP contribution in [0.1, 0.15) is 50.5 Å². The van der Waals surface area contributed by atoms with Gasteiger partial charge >= 0.3 is 0 Å². The van der Waals surface area contributed by atoms with Crippen molar-refractivity contribution in [3.8, 4) is 0 Å². The van der Waals surface area contributed by atoms with E-state index in [1.54, 1.807) is 0 Å². The van der Waals surface area contributed by atoms with Gasteiger partial charge in [-0.05, 0) is 62.6 Å². The molecule has 26 heavy (non-hydrogen) atoms. The Kier molecular flexibility index (Phi) is 3.34. The topological polar surface area (TPSA) is 58.4 Å². The Morgan fingerprint density at radius 1 is 1.27 bits per heavy atom. The van der Waals surface area contributed by atoms with E-state index in [0.717, 1.165) is 13.1 Å². The van der Waals surface area contributed by atoms with Gasteiger partial charge in [0.25, 0.3) is 0 Å². The number of nitrogens with zero attached hydrogens (tertiary/aromatic N) is 3. The maximum absolute atomic E-state index is 12.5. The van der Waals surface area contributed by atoms with Crippen molar-refractivity contribution in [1.29, 1.82) is 0 Å². The minimum atomic E-state index is -0.619. The quantitative estimate of drug-likeness (QED) is 0.903. The van der Waals surface area contributed by atoms with Gasteiger partial charge < -0.3 is 10.0 Å². The number of carbonyl (C=O) groups excluding carboxylic acids is 1. The van der Waals surface area contributed by atoms with E-state index in [1.807, 2.05) is 29.7 Å². The maximum atomic E-state index is 12.5. The fourth-order valence-corrected chi connectivity index (χ4v) is 5.57. The number of likely N-dealkylation sites (tertiary alicyclic amines) is 1. The molecular weight excluding hydrogens is 326 g/mol. The molecule has 1 saturated heterocycles. The van der Waals surface area contributed by atoms with Crippen molar-refractivity contribution in [2.45, 2.75) is 50.5 Å². The Labute approximate surface area is 154 Å². The van der Waals surface area contributed by atoms with Crippen LogP contribution in [-0.2, 0) is 11.8 Å². The van der Waals surface area contributed by atoms with Crippen LogP contribution >= 0.6 is 0 Å². The van der Waals surface area contributed by atoms with Crippen LogP contribution in [-0.4, -0.2) is 44.4 Å². The zero-order chi connectivity index (χ0) is 18.1. The standard InChI is InChI=1S/C21H27N3O2/c1-20(26)8-17(9-20)19(25)24-12-21(13-24)6-5-15(10-21)14-3-4-18-16(7-14)11-22-23(18)2/h3-4,7,11,15,17,26H,5-6,8-10,12-13H2,1-2H3/t15-,17?,20?/m1/s1. The molecule has 0 unspecified atom stereocenters. The van der Waals surface area contributed by atoms with Crippen LogP contribution in [0.25, 0.3) is 10.9 Å². The first kappa shape index (κ1) is 16.3. The van der Waals surface area contributed by atoms with Gasteiger partial charge in [-0.1, -0.05) is 6.07 Å². The number of amides is 1. The molecular formula is C21H27N3O2. The van der Waals surface area contributed by atoms with Crippen LogP contribution < -0.4 is 0 Å². The molecule has 1 atom stereocenters. The van der Waals surface area contributed by atoms with E-state index in [-0.39, 0.29) is 11.8 Å². The highest BCUT2D eigenvalue weighted by Crippen LogP contribution is 2.53. The molecule has 2 aliphatic carbocycles. The number of carbonyl (C=O) groups is 1. The molecule has 1 amide bonds. The first-order chi connectivity index (χ1) is 12.3. The van der Waals surface area contributed by atoms with Gasteiger partial charge in [-0.25, -0.2) is 0 Å². The number of aryl methyl sites for hydroxylation is 1. The Hall–Kier alpha value is -1.88. The lowest BCUT2D eigenvalue weighted by Crippen LogP contribution is -2.61.